The number of nitro groups is 1. The number of aliphatic imine (C=N–C) groups is 1. The molecule has 0 saturated carbocycles. The van der Waals surface area contributed by atoms with Gasteiger partial charge in [-0.05, 0) is 160 Å². The molecule has 8 aromatic carbocycles. The number of rotatable bonds is 16. The normalized spacial score (nSPS) is 13.6. The second-order valence-corrected chi connectivity index (χ2v) is 27.0. The number of benzene rings is 8. The molecular weight excluding hydrogens is 1670 g/mol. The van der Waals surface area contributed by atoms with Gasteiger partial charge in [-0.15, -0.1) is 0 Å². The number of hydrogen-bond acceptors (Lipinski definition) is 19. The predicted octanol–water partition coefficient (Wildman–Crippen LogP) is 17.9. The van der Waals surface area contributed by atoms with E-state index in [-0.39, 0.29) is 121 Å². The van der Waals surface area contributed by atoms with Gasteiger partial charge in [0.05, 0.1) is 72.3 Å². The number of para-hydroxylation sites is 3. The van der Waals surface area contributed by atoms with Crippen LogP contribution in [0.2, 0.25) is 15.1 Å². The van der Waals surface area contributed by atoms with Crippen molar-refractivity contribution < 1.29 is 88.2 Å². The Morgan fingerprint density at radius 3 is 1.69 bits per heavy atom. The number of amides is 4. The van der Waals surface area contributed by atoms with E-state index in [1.165, 1.54) is 96.3 Å². The summed E-state index contributed by atoms with van der Waals surface area (Å²) in [6.07, 6.45) is 7.98. The Kier molecular flexibility index (Phi) is 37.8. The van der Waals surface area contributed by atoms with Gasteiger partial charge in [0.1, 0.15) is 36.2 Å². The van der Waals surface area contributed by atoms with Gasteiger partial charge >= 0.3 is 6.95 Å². The predicted molar refractivity (Wildman–Crippen MR) is 407 cm³/mol. The van der Waals surface area contributed by atoms with Crippen molar-refractivity contribution in [2.45, 2.75) is 70.6 Å². The van der Waals surface area contributed by atoms with Crippen LogP contribution in [0.3, 0.4) is 0 Å². The molecule has 102 heavy (non-hydrogen) atoms. The SMILES string of the molecule is C.C.C1CCC2=NCCCN2CC1.COc1ccc(C(C)(c2ccccc2)c2ccc(OC)cc2)cc1.N#CCCSN1C(=O)COCC1=O.O=C1c2ccccc2C(=O)N1Sc1ccc(Cl)cc1.O=P(Cl)(Oc1ccccc1Cl)Oc1ccccc1Cl.O=[N+]([O-])c1ccccc1/C=N/O.[2H][B][2H].[U]. The summed E-state index contributed by atoms with van der Waals surface area (Å²) in [6, 6.07) is 62.0. The number of hydrogen-bond donors (Lipinski definition) is 1. The number of nitrogens with zero attached hydrogens (tertiary/aromatic N) is 7. The molecule has 20 nitrogen and oxygen atoms in total. The van der Waals surface area contributed by atoms with E-state index in [0.717, 1.165) is 57.4 Å². The van der Waals surface area contributed by atoms with Crippen LogP contribution in [-0.2, 0) is 24.3 Å². The topological polar surface area (TPSA) is 253 Å². The number of carbonyl (C=O) groups excluding carboxylic acids is 4. The average molecular weight is 1750 g/mol. The Balaban J connectivity index is 0.000000326. The van der Waals surface area contributed by atoms with E-state index in [0.29, 0.717) is 36.7 Å². The Labute approximate surface area is 652 Å². The van der Waals surface area contributed by atoms with Crippen LogP contribution in [0.5, 0.6) is 23.0 Å². The fourth-order valence-electron chi connectivity index (χ4n) is 9.84. The molecular formula is C73H78BCl4N7O13PS2U. The summed E-state index contributed by atoms with van der Waals surface area (Å²) in [5, 5.41) is 30.7. The second-order valence-electron chi connectivity index (χ2n) is 21.2. The summed E-state index contributed by atoms with van der Waals surface area (Å²) < 4.78 is 51.3. The summed E-state index contributed by atoms with van der Waals surface area (Å²) >= 11 is 25.5. The van der Waals surface area contributed by atoms with Gasteiger partial charge in [-0.25, -0.2) is 13.2 Å². The van der Waals surface area contributed by atoms with E-state index < -0.39 is 11.9 Å². The summed E-state index contributed by atoms with van der Waals surface area (Å²) in [4.78, 5) is 64.1. The molecule has 4 amide bonds. The quantitative estimate of drug-likeness (QED) is 0.00901. The molecule has 1 N–H and O–H groups in total. The first kappa shape index (κ1) is 84.9. The minimum atomic E-state index is -3.89. The van der Waals surface area contributed by atoms with Crippen molar-refractivity contribution in [2.75, 3.05) is 52.8 Å². The van der Waals surface area contributed by atoms with Crippen LogP contribution in [0.4, 0.5) is 5.69 Å². The van der Waals surface area contributed by atoms with Crippen molar-refractivity contribution in [1.29, 1.82) is 7.93 Å². The van der Waals surface area contributed by atoms with Gasteiger partial charge in [-0.2, -0.15) is 5.26 Å². The van der Waals surface area contributed by atoms with Crippen LogP contribution < -0.4 is 18.5 Å². The Bertz CT molecular complexity index is 4040. The zero-order valence-electron chi connectivity index (χ0n) is 56.4. The molecule has 4 heterocycles. The third-order valence-corrected chi connectivity index (χ3v) is 19.0. The Morgan fingerprint density at radius 2 is 1.19 bits per heavy atom. The standard InChI is InChI=1S/C22H22O2.C14H8ClNO2S.C12H8Cl3O3P.C9H16N2.C7H8N2O3S.C7H6N2O3.2CH4.BH2.U/c1-22(17-7-5-4-6-8-17,18-9-13-20(23-2)14-10-18)19-11-15-21(24-3)16-12-19;15-9-5-7-10(8-6-9)19-16-13(17)11-3-1-2-4-12(11)14(16)18;13-9-5-1-3-7-11(9)17-19(15,16)18-12-8-4-2-6-10(12)14;1-2-5-9-10-6-4-8-11(9)7-3-1;8-2-1-3-13-9-6(10)4-12-5-7(9)11;10-8-5-6-3-1-2-4-7(6)9(11)12;;;;/h4-16H,1-3H3;2*1-8H;1-8H2;1,3-5H2;1-5,10H;2*1H4;1H2;/b;;;;;8-5+;;;;/i;;;;;;;;1D2;. The molecule has 2 fully saturated rings. The molecule has 0 spiro atoms. The van der Waals surface area contributed by atoms with E-state index in [4.69, 9.17) is 82.4 Å². The summed E-state index contributed by atoms with van der Waals surface area (Å²) in [7, 11) is 3.88. The molecule has 8 aromatic rings. The van der Waals surface area contributed by atoms with Crippen molar-refractivity contribution in [3.05, 3.63) is 259 Å². The van der Waals surface area contributed by atoms with Gasteiger partial charge in [0.25, 0.3) is 29.3 Å². The third kappa shape index (κ3) is 26.2. The van der Waals surface area contributed by atoms with Gasteiger partial charge in [0.15, 0.2) is 0 Å². The minimum absolute atomic E-state index is 0. The first-order valence-electron chi connectivity index (χ1n) is 31.5. The first-order valence-corrected chi connectivity index (χ1v) is 35.7. The summed E-state index contributed by atoms with van der Waals surface area (Å²) in [5.41, 5.74) is 4.56. The number of nitro benzene ring substituents is 1. The number of oxime groups is 1. The maximum atomic E-state index is 12.1. The van der Waals surface area contributed by atoms with Crippen LogP contribution in [-0.4, -0.2) is 123 Å². The molecule has 29 heteroatoms. The van der Waals surface area contributed by atoms with Gasteiger partial charge in [0, 0.05) is 102 Å². The fraction of sp³-hybridized carbons (Fsp3) is 0.247. The molecule has 12 rings (SSSR count). The van der Waals surface area contributed by atoms with Crippen molar-refractivity contribution in [2.24, 2.45) is 10.1 Å². The molecule has 2 saturated heterocycles. The van der Waals surface area contributed by atoms with E-state index in [2.05, 4.69) is 70.5 Å². The van der Waals surface area contributed by atoms with Gasteiger partial charge in [0.2, 0.25) is 0 Å². The van der Waals surface area contributed by atoms with E-state index in [9.17, 15) is 33.9 Å². The second kappa shape index (κ2) is 45.4. The Hall–Kier alpha value is -7.76. The van der Waals surface area contributed by atoms with Crippen molar-refractivity contribution in [3.63, 3.8) is 0 Å². The number of methoxy groups -OCH3 is 2. The van der Waals surface area contributed by atoms with Crippen LogP contribution in [0.1, 0.15) is 103 Å². The van der Waals surface area contributed by atoms with Gasteiger partial charge in [-0.3, -0.25) is 34.3 Å². The molecule has 0 unspecified atom stereocenters. The molecule has 4 aliphatic heterocycles. The number of nitriles is 1. The van der Waals surface area contributed by atoms with Gasteiger partial charge < -0.3 is 33.4 Å². The van der Waals surface area contributed by atoms with Crippen molar-refractivity contribution >= 4 is 127 Å². The van der Waals surface area contributed by atoms with Crippen LogP contribution in [0.15, 0.2) is 215 Å². The minimum Gasteiger partial charge on any atom is -0.497 e. The summed E-state index contributed by atoms with van der Waals surface area (Å²) in [5.74, 6) is 2.68. The monoisotopic (exact) mass is 1750 g/mol. The van der Waals surface area contributed by atoms with Crippen LogP contribution in [0.25, 0.3) is 0 Å². The molecule has 0 atom stereocenters. The summed E-state index contributed by atoms with van der Waals surface area (Å²) in [6.45, 7) is 1.87. The third-order valence-electron chi connectivity index (χ3n) is 14.8. The number of morpholine rings is 1. The maximum Gasteiger partial charge on any atom is 0.530 e. The zero-order chi connectivity index (χ0) is 73.2. The number of imide groups is 2. The molecule has 0 aromatic heterocycles. The van der Waals surface area contributed by atoms with E-state index in [1.807, 2.05) is 36.4 Å². The van der Waals surface area contributed by atoms with E-state index >= 15 is 0 Å². The van der Waals surface area contributed by atoms with E-state index in [1.54, 1.807) is 111 Å². The van der Waals surface area contributed by atoms with Crippen LogP contribution in [0, 0.1) is 52.6 Å². The van der Waals surface area contributed by atoms with Gasteiger partial charge in [-0.1, -0.05) is 164 Å². The first-order chi connectivity index (χ1) is 48.7. The largest absolute Gasteiger partial charge is 0.530 e. The number of fused-ring (bicyclic) bond motifs is 2. The molecule has 0 aliphatic carbocycles. The Morgan fingerprint density at radius 1 is 0.706 bits per heavy atom. The van der Waals surface area contributed by atoms with Crippen molar-refractivity contribution in [3.8, 4) is 29.1 Å². The number of amidine groups is 1. The number of halogens is 4. The molecule has 0 bridgehead atoms. The fourth-order valence-corrected chi connectivity index (χ4v) is 13.3. The van der Waals surface area contributed by atoms with Crippen molar-refractivity contribution in [1.82, 2.24) is 13.5 Å². The zero-order valence-corrected chi connectivity index (χ0v) is 64.2. The molecule has 535 valence electrons. The maximum absolute atomic E-state index is 12.1. The smallest absolute Gasteiger partial charge is 0.497 e. The van der Waals surface area contributed by atoms with Crippen LogP contribution >= 0.6 is 76.9 Å². The number of ether oxygens (including phenoxy) is 3. The molecule has 1 radical (unpaired) electrons. The number of carbonyl (C=O) groups is 4. The molecule has 4 aliphatic rings. The average Bonchev–Trinajstić information content (AvgIpc) is 1.26.